The summed E-state index contributed by atoms with van der Waals surface area (Å²) in [5.74, 6) is 0.0112. The summed E-state index contributed by atoms with van der Waals surface area (Å²) < 4.78 is 0. The van der Waals surface area contributed by atoms with Crippen molar-refractivity contribution in [1.82, 2.24) is 4.98 Å². The SMILES string of the molecule is Cc1ccc(C2=C(C(=O)Nc3ccc(NCCc4csc(N)n4)cc3)CCCC2)cc1. The summed E-state index contributed by atoms with van der Waals surface area (Å²) in [6.45, 7) is 2.86. The normalized spacial score (nSPS) is 13.8. The minimum atomic E-state index is 0.0112. The van der Waals surface area contributed by atoms with Crippen molar-refractivity contribution in [3.8, 4) is 0 Å². The van der Waals surface area contributed by atoms with Gasteiger partial charge in [-0.3, -0.25) is 4.79 Å². The highest BCUT2D eigenvalue weighted by Gasteiger charge is 2.20. The van der Waals surface area contributed by atoms with Crippen molar-refractivity contribution in [1.29, 1.82) is 0 Å². The molecule has 4 rings (SSSR count). The molecule has 6 heteroatoms. The molecule has 1 aromatic heterocycles. The number of anilines is 3. The van der Waals surface area contributed by atoms with Gasteiger partial charge in [0.05, 0.1) is 5.69 Å². The Morgan fingerprint density at radius 1 is 1.03 bits per heavy atom. The number of nitrogens with two attached hydrogens (primary N) is 1. The molecule has 1 heterocycles. The van der Waals surface area contributed by atoms with Gasteiger partial charge in [-0.05, 0) is 68.0 Å². The van der Waals surface area contributed by atoms with Crippen LogP contribution >= 0.6 is 11.3 Å². The molecule has 0 unspecified atom stereocenters. The van der Waals surface area contributed by atoms with Gasteiger partial charge in [-0.1, -0.05) is 29.8 Å². The van der Waals surface area contributed by atoms with Crippen LogP contribution in [0.15, 0.2) is 59.5 Å². The van der Waals surface area contributed by atoms with Gasteiger partial charge in [-0.2, -0.15) is 0 Å². The van der Waals surface area contributed by atoms with E-state index < -0.39 is 0 Å². The van der Waals surface area contributed by atoms with Gasteiger partial charge in [0.25, 0.3) is 5.91 Å². The predicted molar refractivity (Wildman–Crippen MR) is 130 cm³/mol. The summed E-state index contributed by atoms with van der Waals surface area (Å²) in [6.07, 6.45) is 4.80. The van der Waals surface area contributed by atoms with Crippen LogP contribution in [0.4, 0.5) is 16.5 Å². The molecular formula is C25H28N4OS. The molecule has 0 radical (unpaired) electrons. The molecule has 0 spiro atoms. The lowest BCUT2D eigenvalue weighted by atomic mass is 9.86. The highest BCUT2D eigenvalue weighted by molar-refractivity contribution is 7.13. The summed E-state index contributed by atoms with van der Waals surface area (Å²) >= 11 is 1.46. The van der Waals surface area contributed by atoms with Crippen molar-refractivity contribution >= 4 is 39.3 Å². The van der Waals surface area contributed by atoms with E-state index in [1.54, 1.807) is 0 Å². The third-order valence-corrected chi connectivity index (χ3v) is 6.29. The second kappa shape index (κ2) is 9.79. The summed E-state index contributed by atoms with van der Waals surface area (Å²) in [6, 6.07) is 16.3. The molecule has 0 aliphatic heterocycles. The van der Waals surface area contributed by atoms with E-state index in [1.807, 2.05) is 29.6 Å². The summed E-state index contributed by atoms with van der Waals surface area (Å²) in [7, 11) is 0. The van der Waals surface area contributed by atoms with Crippen LogP contribution in [-0.4, -0.2) is 17.4 Å². The number of aromatic nitrogens is 1. The average molecular weight is 433 g/mol. The molecule has 0 saturated heterocycles. The van der Waals surface area contributed by atoms with Crippen LogP contribution in [0.5, 0.6) is 0 Å². The molecular weight excluding hydrogens is 404 g/mol. The Morgan fingerprint density at radius 2 is 1.74 bits per heavy atom. The van der Waals surface area contributed by atoms with Gasteiger partial charge in [0.2, 0.25) is 0 Å². The fourth-order valence-corrected chi connectivity index (χ4v) is 4.48. The van der Waals surface area contributed by atoms with Crippen LogP contribution in [0, 0.1) is 6.92 Å². The maximum atomic E-state index is 13.0. The summed E-state index contributed by atoms with van der Waals surface area (Å²) in [4.78, 5) is 17.3. The number of hydrogen-bond donors (Lipinski definition) is 3. The molecule has 0 atom stereocenters. The van der Waals surface area contributed by atoms with Crippen molar-refractivity contribution in [2.24, 2.45) is 0 Å². The van der Waals surface area contributed by atoms with Crippen LogP contribution in [0.2, 0.25) is 0 Å². The molecule has 2 aromatic carbocycles. The van der Waals surface area contributed by atoms with Crippen LogP contribution in [-0.2, 0) is 11.2 Å². The third kappa shape index (κ3) is 5.52. The first-order chi connectivity index (χ1) is 15.1. The molecule has 0 saturated carbocycles. The van der Waals surface area contributed by atoms with Crippen LogP contribution in [0.1, 0.15) is 42.5 Å². The second-order valence-electron chi connectivity index (χ2n) is 7.92. The Morgan fingerprint density at radius 3 is 2.45 bits per heavy atom. The van der Waals surface area contributed by atoms with Crippen LogP contribution in [0.25, 0.3) is 5.57 Å². The van der Waals surface area contributed by atoms with E-state index in [9.17, 15) is 4.79 Å². The lowest BCUT2D eigenvalue weighted by Gasteiger charge is -2.20. The number of benzene rings is 2. The number of amides is 1. The van der Waals surface area contributed by atoms with Crippen molar-refractivity contribution in [2.45, 2.75) is 39.0 Å². The van der Waals surface area contributed by atoms with E-state index in [-0.39, 0.29) is 5.91 Å². The Hall–Kier alpha value is -3.12. The monoisotopic (exact) mass is 432 g/mol. The average Bonchev–Trinajstić information content (AvgIpc) is 3.20. The zero-order chi connectivity index (χ0) is 21.6. The first-order valence-electron chi connectivity index (χ1n) is 10.7. The highest BCUT2D eigenvalue weighted by atomic mass is 32.1. The Kier molecular flexibility index (Phi) is 6.67. The zero-order valence-electron chi connectivity index (χ0n) is 17.8. The number of allylic oxidation sites excluding steroid dienone is 1. The maximum absolute atomic E-state index is 13.0. The minimum absolute atomic E-state index is 0.0112. The number of rotatable bonds is 7. The van der Waals surface area contributed by atoms with Gasteiger partial charge in [0, 0.05) is 35.3 Å². The topological polar surface area (TPSA) is 80.0 Å². The van der Waals surface area contributed by atoms with Gasteiger partial charge in [-0.15, -0.1) is 11.3 Å². The van der Waals surface area contributed by atoms with Crippen molar-refractivity contribution in [3.63, 3.8) is 0 Å². The first-order valence-corrected chi connectivity index (χ1v) is 11.6. The molecule has 1 aliphatic rings. The van der Waals surface area contributed by atoms with Gasteiger partial charge >= 0.3 is 0 Å². The fourth-order valence-electron chi connectivity index (χ4n) is 3.88. The maximum Gasteiger partial charge on any atom is 0.251 e. The molecule has 5 nitrogen and oxygen atoms in total. The van der Waals surface area contributed by atoms with E-state index >= 15 is 0 Å². The first kappa shape index (κ1) is 21.1. The van der Waals surface area contributed by atoms with Crippen molar-refractivity contribution < 1.29 is 4.79 Å². The number of nitrogens with zero attached hydrogens (tertiary/aromatic N) is 1. The van der Waals surface area contributed by atoms with Gasteiger partial charge in [0.1, 0.15) is 0 Å². The molecule has 1 amide bonds. The van der Waals surface area contributed by atoms with E-state index in [1.165, 1.54) is 22.5 Å². The van der Waals surface area contributed by atoms with Gasteiger partial charge < -0.3 is 16.4 Å². The molecule has 160 valence electrons. The lowest BCUT2D eigenvalue weighted by Crippen LogP contribution is -2.18. The van der Waals surface area contributed by atoms with Crippen LogP contribution in [0.3, 0.4) is 0 Å². The number of aryl methyl sites for hydroxylation is 1. The number of nitrogen functional groups attached to an aromatic ring is 1. The van der Waals surface area contributed by atoms with E-state index in [0.717, 1.165) is 66.9 Å². The third-order valence-electron chi connectivity index (χ3n) is 5.56. The van der Waals surface area contributed by atoms with Crippen LogP contribution < -0.4 is 16.4 Å². The molecule has 0 bridgehead atoms. The number of nitrogens with one attached hydrogen (secondary N) is 2. The molecule has 0 fully saturated rings. The quantitative estimate of drug-likeness (QED) is 0.450. The Balaban J connectivity index is 1.38. The summed E-state index contributed by atoms with van der Waals surface area (Å²) in [5.41, 5.74) is 13.0. The lowest BCUT2D eigenvalue weighted by molar-refractivity contribution is -0.113. The number of carbonyl (C=O) groups is 1. The molecule has 3 aromatic rings. The second-order valence-corrected chi connectivity index (χ2v) is 8.81. The van der Waals surface area contributed by atoms with Crippen molar-refractivity contribution in [3.05, 3.63) is 76.3 Å². The number of thiazole rings is 1. The van der Waals surface area contributed by atoms with Crippen molar-refractivity contribution in [2.75, 3.05) is 22.9 Å². The van der Waals surface area contributed by atoms with E-state index in [2.05, 4.69) is 46.8 Å². The zero-order valence-corrected chi connectivity index (χ0v) is 18.6. The molecule has 31 heavy (non-hydrogen) atoms. The largest absolute Gasteiger partial charge is 0.385 e. The Bertz CT molecular complexity index is 1070. The summed E-state index contributed by atoms with van der Waals surface area (Å²) in [5, 5.41) is 9.06. The number of carbonyl (C=O) groups excluding carboxylic acids is 1. The van der Waals surface area contributed by atoms with Gasteiger partial charge in [0.15, 0.2) is 5.13 Å². The standard InChI is InChI=1S/C25H28N4OS/c1-17-6-8-18(9-7-17)22-4-2-3-5-23(22)24(30)28-20-12-10-19(11-13-20)27-15-14-21-16-31-25(26)29-21/h6-13,16,27H,2-5,14-15H2,1H3,(H2,26,29)(H,28,30). The predicted octanol–water partition coefficient (Wildman–Crippen LogP) is 5.65. The Labute approximate surface area is 187 Å². The minimum Gasteiger partial charge on any atom is -0.385 e. The fraction of sp³-hybridized carbons (Fsp3) is 0.280. The number of hydrogen-bond acceptors (Lipinski definition) is 5. The smallest absolute Gasteiger partial charge is 0.251 e. The van der Waals surface area contributed by atoms with Gasteiger partial charge in [-0.25, -0.2) is 4.98 Å². The van der Waals surface area contributed by atoms with E-state index in [0.29, 0.717) is 5.13 Å². The molecule has 4 N–H and O–H groups in total. The molecule has 1 aliphatic carbocycles. The van der Waals surface area contributed by atoms with E-state index in [4.69, 9.17) is 5.73 Å². The highest BCUT2D eigenvalue weighted by Crippen LogP contribution is 2.33.